The average molecular weight is 322 g/mol. The van der Waals surface area contributed by atoms with Crippen LogP contribution in [-0.2, 0) is 0 Å². The highest BCUT2D eigenvalue weighted by atomic mass is 16.4. The molecule has 1 amide bonds. The van der Waals surface area contributed by atoms with Gasteiger partial charge in [0.2, 0.25) is 0 Å². The van der Waals surface area contributed by atoms with Gasteiger partial charge in [0.1, 0.15) is 5.75 Å². The molecule has 0 aliphatic carbocycles. The van der Waals surface area contributed by atoms with Gasteiger partial charge in [0, 0.05) is 23.6 Å². The number of nitrogens with one attached hydrogen (secondary N) is 1. The van der Waals surface area contributed by atoms with Gasteiger partial charge in [-0.05, 0) is 54.6 Å². The maximum absolute atomic E-state index is 12.3. The molecule has 0 saturated carbocycles. The molecule has 6 nitrogen and oxygen atoms in total. The number of carbonyl (C=O) groups excluding carboxylic acids is 1. The van der Waals surface area contributed by atoms with E-state index in [1.54, 1.807) is 24.3 Å². The van der Waals surface area contributed by atoms with Crippen LogP contribution in [-0.4, -0.2) is 26.7 Å². The molecule has 24 heavy (non-hydrogen) atoms. The first-order valence-electron chi connectivity index (χ1n) is 7.15. The molecule has 0 bridgehead atoms. The normalized spacial score (nSPS) is 10.3. The minimum absolute atomic E-state index is 0.0222. The van der Waals surface area contributed by atoms with E-state index in [1.807, 2.05) is 29.1 Å². The summed E-state index contributed by atoms with van der Waals surface area (Å²) < 4.78 is 1.91. The summed E-state index contributed by atoms with van der Waals surface area (Å²) >= 11 is 0. The summed E-state index contributed by atoms with van der Waals surface area (Å²) in [6.45, 7) is 0. The molecule has 2 aromatic carbocycles. The van der Waals surface area contributed by atoms with Crippen molar-refractivity contribution in [3.63, 3.8) is 0 Å². The Morgan fingerprint density at radius 3 is 2.17 bits per heavy atom. The van der Waals surface area contributed by atoms with Crippen LogP contribution >= 0.6 is 0 Å². The summed E-state index contributed by atoms with van der Waals surface area (Å²) in [5, 5.41) is 21.3. The first-order valence-corrected chi connectivity index (χ1v) is 7.15. The number of nitrogens with zero attached hydrogens (tertiary/aromatic N) is 1. The first-order chi connectivity index (χ1) is 11.5. The standard InChI is InChI=1S/C18H14N2O4/c21-16-8-5-13(18(23)24)11-15(16)19-17(22)12-3-6-14(7-4-12)20-9-1-2-10-20/h1-11,21H,(H,19,22)(H,23,24). The minimum atomic E-state index is -1.14. The van der Waals surface area contributed by atoms with Crippen LogP contribution < -0.4 is 5.32 Å². The van der Waals surface area contributed by atoms with E-state index in [4.69, 9.17) is 5.11 Å². The van der Waals surface area contributed by atoms with Crippen molar-refractivity contribution in [2.45, 2.75) is 0 Å². The van der Waals surface area contributed by atoms with Crippen molar-refractivity contribution in [1.82, 2.24) is 4.57 Å². The van der Waals surface area contributed by atoms with Gasteiger partial charge in [-0.25, -0.2) is 4.79 Å². The molecule has 3 aromatic rings. The Kier molecular flexibility index (Phi) is 4.03. The fraction of sp³-hybridized carbons (Fsp3) is 0. The van der Waals surface area contributed by atoms with Gasteiger partial charge in [-0.2, -0.15) is 0 Å². The lowest BCUT2D eigenvalue weighted by atomic mass is 10.1. The van der Waals surface area contributed by atoms with E-state index in [0.717, 1.165) is 5.69 Å². The third kappa shape index (κ3) is 3.12. The van der Waals surface area contributed by atoms with Crippen molar-refractivity contribution in [3.05, 3.63) is 78.1 Å². The fourth-order valence-corrected chi connectivity index (χ4v) is 2.26. The lowest BCUT2D eigenvalue weighted by molar-refractivity contribution is 0.0696. The number of carbonyl (C=O) groups is 2. The Hall–Kier alpha value is -3.54. The first kappa shape index (κ1) is 15.4. The number of aromatic hydroxyl groups is 1. The van der Waals surface area contributed by atoms with Gasteiger partial charge >= 0.3 is 5.97 Å². The zero-order valence-electron chi connectivity index (χ0n) is 12.5. The smallest absolute Gasteiger partial charge is 0.335 e. The SMILES string of the molecule is O=C(O)c1ccc(O)c(NC(=O)c2ccc(-n3cccc3)cc2)c1. The van der Waals surface area contributed by atoms with Crippen LogP contribution in [0.15, 0.2) is 67.0 Å². The van der Waals surface area contributed by atoms with Gasteiger partial charge in [-0.1, -0.05) is 0 Å². The van der Waals surface area contributed by atoms with Crippen molar-refractivity contribution in [2.24, 2.45) is 0 Å². The molecule has 0 aliphatic heterocycles. The summed E-state index contributed by atoms with van der Waals surface area (Å²) in [6, 6.07) is 14.4. The second kappa shape index (κ2) is 6.29. The second-order valence-electron chi connectivity index (χ2n) is 5.13. The molecular formula is C18H14N2O4. The Morgan fingerprint density at radius 2 is 1.54 bits per heavy atom. The summed E-state index contributed by atoms with van der Waals surface area (Å²) in [6.07, 6.45) is 3.79. The summed E-state index contributed by atoms with van der Waals surface area (Å²) in [5.41, 5.74) is 1.33. The highest BCUT2D eigenvalue weighted by molar-refractivity contribution is 6.05. The maximum atomic E-state index is 12.3. The number of rotatable bonds is 4. The Labute approximate surface area is 137 Å². The molecule has 0 saturated heterocycles. The average Bonchev–Trinajstić information content (AvgIpc) is 3.11. The van der Waals surface area contributed by atoms with E-state index < -0.39 is 11.9 Å². The molecule has 0 atom stereocenters. The molecule has 0 aliphatic rings. The van der Waals surface area contributed by atoms with E-state index in [0.29, 0.717) is 5.56 Å². The number of aromatic carboxylic acids is 1. The number of aromatic nitrogens is 1. The summed E-state index contributed by atoms with van der Waals surface area (Å²) in [7, 11) is 0. The molecular weight excluding hydrogens is 308 g/mol. The molecule has 1 aromatic heterocycles. The van der Waals surface area contributed by atoms with Gasteiger partial charge < -0.3 is 20.1 Å². The number of anilines is 1. The maximum Gasteiger partial charge on any atom is 0.335 e. The highest BCUT2D eigenvalue weighted by Gasteiger charge is 2.12. The van der Waals surface area contributed by atoms with Crippen LogP contribution in [0.1, 0.15) is 20.7 Å². The molecule has 0 fully saturated rings. The monoisotopic (exact) mass is 322 g/mol. The third-order valence-electron chi connectivity index (χ3n) is 3.52. The van der Waals surface area contributed by atoms with E-state index >= 15 is 0 Å². The van der Waals surface area contributed by atoms with E-state index in [2.05, 4.69) is 5.32 Å². The van der Waals surface area contributed by atoms with Crippen LogP contribution in [0.4, 0.5) is 5.69 Å². The number of carboxylic acid groups (broad SMARTS) is 1. The fourth-order valence-electron chi connectivity index (χ4n) is 2.26. The van der Waals surface area contributed by atoms with E-state index in [-0.39, 0.29) is 17.0 Å². The van der Waals surface area contributed by atoms with Crippen molar-refractivity contribution < 1.29 is 19.8 Å². The molecule has 3 rings (SSSR count). The number of amides is 1. The molecule has 6 heteroatoms. The van der Waals surface area contributed by atoms with Crippen LogP contribution in [0.3, 0.4) is 0 Å². The number of carboxylic acids is 1. The van der Waals surface area contributed by atoms with Gasteiger partial charge in [0.25, 0.3) is 5.91 Å². The van der Waals surface area contributed by atoms with Crippen LogP contribution in [0.2, 0.25) is 0 Å². The summed E-state index contributed by atoms with van der Waals surface area (Å²) in [4.78, 5) is 23.2. The number of benzene rings is 2. The number of hydrogen-bond acceptors (Lipinski definition) is 3. The van der Waals surface area contributed by atoms with Crippen LogP contribution in [0.5, 0.6) is 5.75 Å². The summed E-state index contributed by atoms with van der Waals surface area (Å²) in [5.74, 6) is -1.77. The number of phenols is 1. The third-order valence-corrected chi connectivity index (χ3v) is 3.52. The second-order valence-corrected chi connectivity index (χ2v) is 5.13. The molecule has 0 unspecified atom stereocenters. The lowest BCUT2D eigenvalue weighted by Crippen LogP contribution is -2.12. The minimum Gasteiger partial charge on any atom is -0.506 e. The van der Waals surface area contributed by atoms with Crippen molar-refractivity contribution in [1.29, 1.82) is 0 Å². The largest absolute Gasteiger partial charge is 0.506 e. The predicted octanol–water partition coefficient (Wildman–Crippen LogP) is 3.13. The quantitative estimate of drug-likeness (QED) is 0.644. The predicted molar refractivity (Wildman–Crippen MR) is 88.8 cm³/mol. The van der Waals surface area contributed by atoms with Crippen LogP contribution in [0.25, 0.3) is 5.69 Å². The number of phenolic OH excluding ortho intramolecular Hbond substituents is 1. The van der Waals surface area contributed by atoms with Gasteiger partial charge in [-0.15, -0.1) is 0 Å². The molecule has 120 valence electrons. The molecule has 1 heterocycles. The van der Waals surface area contributed by atoms with Crippen molar-refractivity contribution in [3.8, 4) is 11.4 Å². The number of hydrogen-bond donors (Lipinski definition) is 3. The van der Waals surface area contributed by atoms with Crippen molar-refractivity contribution in [2.75, 3.05) is 5.32 Å². The van der Waals surface area contributed by atoms with Gasteiger partial charge in [-0.3, -0.25) is 4.79 Å². The van der Waals surface area contributed by atoms with E-state index in [1.165, 1.54) is 18.2 Å². The zero-order valence-corrected chi connectivity index (χ0v) is 12.5. The van der Waals surface area contributed by atoms with E-state index in [9.17, 15) is 14.7 Å². The zero-order chi connectivity index (χ0) is 17.1. The molecule has 3 N–H and O–H groups in total. The Balaban J connectivity index is 1.80. The topological polar surface area (TPSA) is 91.6 Å². The van der Waals surface area contributed by atoms with Gasteiger partial charge in [0.05, 0.1) is 11.3 Å². The lowest BCUT2D eigenvalue weighted by Gasteiger charge is -2.09. The Bertz CT molecular complexity index is 884. The molecule has 0 spiro atoms. The van der Waals surface area contributed by atoms with Gasteiger partial charge in [0.15, 0.2) is 0 Å². The highest BCUT2D eigenvalue weighted by Crippen LogP contribution is 2.25. The molecule has 0 radical (unpaired) electrons. The van der Waals surface area contributed by atoms with Crippen molar-refractivity contribution >= 4 is 17.6 Å². The van der Waals surface area contributed by atoms with Crippen LogP contribution in [0, 0.1) is 0 Å². The Morgan fingerprint density at radius 1 is 0.917 bits per heavy atom.